The summed E-state index contributed by atoms with van der Waals surface area (Å²) in [6, 6.07) is 22.8. The van der Waals surface area contributed by atoms with Crippen LogP contribution in [0.25, 0.3) is 0 Å². The highest BCUT2D eigenvalue weighted by Crippen LogP contribution is 2.42. The first-order valence-electron chi connectivity index (χ1n) is 42.0. The Hall–Kier alpha value is -13.5. The number of carboxylic acids is 1. The highest BCUT2D eigenvalue weighted by Gasteiger charge is 2.55. The fraction of sp³-hybridized carbons (Fsp3) is 0.488. The molecule has 4 aromatic heterocycles. The fourth-order valence-corrected chi connectivity index (χ4v) is 14.3. The van der Waals surface area contributed by atoms with Crippen molar-refractivity contribution in [3.63, 3.8) is 0 Å². The summed E-state index contributed by atoms with van der Waals surface area (Å²) < 4.78 is 219. The zero-order valence-corrected chi connectivity index (χ0v) is 77.7. The number of rotatable bonds is 27. The standard InChI is InChI=1S/C27H32F3N5O7S.C23H28F3N5O5.C22H26F3N5O5.C14H11ClF3N3O3/c1-25(2,3)42-24(38)35-12-10-34(11-13-35)22-31-21(32-23(33-22)41-17-27(28,29)30)14-18-4-6-19(7-5-18)20(37)15-43(39,40)26(16-36)8-9-26;1-22(2,3)36-21(33)31-11-9-30(10-12-31)19-27-17(28-20(29-19)35-14-23(24,25)26)13-15-5-7-16(8-6-15)18(32)34-4;1-21(2,3)35-20(33)30-10-8-29(9-11-30)18-26-16(27-19(28-18)34-13-22(23,24)25)12-14-4-6-15(7-5-14)17(31)32;1-23-11(22)9-4-2-8(3-5-9)6-10-19-12(15)21-13(20-10)24-7-14(16,17)18/h4-7,16H,8-15,17H2,1-3H3;5-8H,9-14H2,1-4H3;4-7H,8-13H2,1-3H3,(H,31,32);2-5H,6-7H2,1H3. The van der Waals surface area contributed by atoms with Crippen molar-refractivity contribution in [3.8, 4) is 24.0 Å². The Morgan fingerprint density at radius 2 is 0.630 bits per heavy atom. The van der Waals surface area contributed by atoms with Crippen molar-refractivity contribution in [2.24, 2.45) is 0 Å². The van der Waals surface area contributed by atoms with Crippen molar-refractivity contribution >= 4 is 87.5 Å². The third-order valence-corrected chi connectivity index (χ3v) is 21.8. The number of hydrogen-bond donors (Lipinski definition) is 1. The Kier molecular flexibility index (Phi) is 36.1. The largest absolute Gasteiger partial charge is 0.478 e. The minimum Gasteiger partial charge on any atom is -0.478 e. The minimum atomic E-state index is -4.62. The summed E-state index contributed by atoms with van der Waals surface area (Å²) in [5.41, 5.74) is 1.69. The van der Waals surface area contributed by atoms with Gasteiger partial charge < -0.3 is 81.9 Å². The summed E-state index contributed by atoms with van der Waals surface area (Å²) >= 11 is 5.67. The van der Waals surface area contributed by atoms with Gasteiger partial charge in [0.2, 0.25) is 23.1 Å². The molecular formula is C86H97ClF12N18O20S. The monoisotopic (exact) mass is 2000 g/mol. The number of carboxylic acid groups (broad SMARTS) is 1. The van der Waals surface area contributed by atoms with Gasteiger partial charge in [-0.15, -0.1) is 0 Å². The number of ether oxygens (including phenoxy) is 9. The van der Waals surface area contributed by atoms with Crippen LogP contribution in [0.2, 0.25) is 5.28 Å². The molecule has 748 valence electrons. The molecule has 1 N–H and O–H groups in total. The van der Waals surface area contributed by atoms with Crippen LogP contribution in [0.15, 0.2) is 97.1 Å². The molecule has 0 bridgehead atoms. The van der Waals surface area contributed by atoms with Crippen LogP contribution < -0.4 is 33.6 Å². The molecule has 12 rings (SSSR count). The number of halogens is 13. The maximum absolute atomic E-state index is 12.8. The number of anilines is 3. The molecule has 0 radical (unpaired) electrons. The number of benzene rings is 4. The number of sulfone groups is 1. The van der Waals surface area contributed by atoms with E-state index in [0.717, 1.165) is 5.56 Å². The molecule has 3 amide bonds. The zero-order chi connectivity index (χ0) is 102. The predicted octanol–water partition coefficient (Wildman–Crippen LogP) is 12.0. The maximum Gasteiger partial charge on any atom is 0.422 e. The molecule has 1 aliphatic carbocycles. The Labute approximate surface area is 786 Å². The average Bonchev–Trinajstić information content (AvgIpc) is 1.60. The number of aromatic carboxylic acids is 1. The highest BCUT2D eigenvalue weighted by atomic mass is 35.5. The second kappa shape index (κ2) is 46.1. The molecule has 38 nitrogen and oxygen atoms in total. The molecule has 4 fully saturated rings. The molecule has 1 saturated carbocycles. The lowest BCUT2D eigenvalue weighted by molar-refractivity contribution is -0.155. The van der Waals surface area contributed by atoms with Gasteiger partial charge >= 0.3 is 84.9 Å². The number of aldehydes is 1. The number of Topliss-reactive ketones (excluding diaryl/α,β-unsaturated/α-hetero) is 1. The number of hydrogen-bond acceptors (Lipinski definition) is 34. The number of amides is 3. The SMILES string of the molecule is CC(C)(C)OC(=O)N1CCN(c2nc(Cc3ccc(C(=O)CS(=O)(=O)C4(C=O)CC4)cc3)nc(OCC(F)(F)F)n2)CC1.CC(C)(C)OC(=O)N1CCN(c2nc(Cc3ccc(C(=O)O)cc3)nc(OCC(F)(F)F)n2)CC1.COC(=O)c1ccc(Cc2nc(Cl)nc(OCC(F)(F)F)n2)cc1.COC(=O)c1ccc(Cc2nc(OCC(F)(F)F)nc(N3CCN(C(=O)OC(C)(C)C)CC3)n2)cc1. The molecule has 4 aliphatic rings. The number of methoxy groups -OCH3 is 2. The zero-order valence-electron chi connectivity index (χ0n) is 76.2. The summed E-state index contributed by atoms with van der Waals surface area (Å²) in [6.45, 7) is 13.4. The van der Waals surface area contributed by atoms with Crippen LogP contribution in [-0.4, -0.2) is 307 Å². The third-order valence-electron chi connectivity index (χ3n) is 19.3. The second-order valence-electron chi connectivity index (χ2n) is 33.9. The van der Waals surface area contributed by atoms with Gasteiger partial charge in [-0.2, -0.15) is 108 Å². The Morgan fingerprint density at radius 3 is 0.870 bits per heavy atom. The maximum atomic E-state index is 12.8. The summed E-state index contributed by atoms with van der Waals surface area (Å²) in [5, 5.41) is 8.76. The molecule has 8 aromatic rings. The molecule has 0 spiro atoms. The number of ketones is 1. The van der Waals surface area contributed by atoms with Gasteiger partial charge in [0.05, 0.1) is 30.9 Å². The van der Waals surface area contributed by atoms with Gasteiger partial charge in [-0.05, 0) is 145 Å². The molecule has 7 heterocycles. The van der Waals surface area contributed by atoms with Gasteiger partial charge in [0.1, 0.15) is 56.9 Å². The summed E-state index contributed by atoms with van der Waals surface area (Å²) in [5.74, 6) is -2.56. The third kappa shape index (κ3) is 35.6. The predicted molar refractivity (Wildman–Crippen MR) is 463 cm³/mol. The van der Waals surface area contributed by atoms with E-state index in [0.29, 0.717) is 86.5 Å². The average molecular weight is 2000 g/mol. The van der Waals surface area contributed by atoms with Crippen LogP contribution in [0.4, 0.5) is 84.9 Å². The molecule has 138 heavy (non-hydrogen) atoms. The van der Waals surface area contributed by atoms with E-state index in [-0.39, 0.29) is 122 Å². The van der Waals surface area contributed by atoms with Crippen LogP contribution in [0.1, 0.15) is 162 Å². The minimum absolute atomic E-state index is 0.0385. The molecule has 0 atom stereocenters. The van der Waals surface area contributed by atoms with Gasteiger partial charge in [-0.25, -0.2) is 42.2 Å². The van der Waals surface area contributed by atoms with Crippen molar-refractivity contribution in [1.29, 1.82) is 0 Å². The second-order valence-corrected chi connectivity index (χ2v) is 36.6. The van der Waals surface area contributed by atoms with E-state index < -0.39 is 154 Å². The van der Waals surface area contributed by atoms with E-state index in [1.807, 2.05) is 0 Å². The van der Waals surface area contributed by atoms with E-state index in [1.165, 1.54) is 48.3 Å². The summed E-state index contributed by atoms with van der Waals surface area (Å²) in [6.07, 6.45) is -18.3. The van der Waals surface area contributed by atoms with Crippen LogP contribution in [0, 0.1) is 0 Å². The first-order chi connectivity index (χ1) is 64.4. The number of carbonyl (C=O) groups is 8. The van der Waals surface area contributed by atoms with Crippen molar-refractivity contribution in [2.75, 3.05) is 140 Å². The lowest BCUT2D eigenvalue weighted by atomic mass is 10.1. The molecular weight excluding hydrogens is 1900 g/mol. The Morgan fingerprint density at radius 1 is 0.377 bits per heavy atom. The number of esters is 2. The number of aromatic nitrogens is 12. The van der Waals surface area contributed by atoms with Gasteiger partial charge in [0.25, 0.3) is 0 Å². The number of nitrogens with zero attached hydrogens (tertiary/aromatic N) is 18. The van der Waals surface area contributed by atoms with Crippen molar-refractivity contribution in [1.82, 2.24) is 74.5 Å². The van der Waals surface area contributed by atoms with Crippen molar-refractivity contribution in [2.45, 2.75) is 147 Å². The molecule has 3 aliphatic heterocycles. The number of carbonyl (C=O) groups excluding carboxylic acids is 7. The normalized spacial score (nSPS) is 14.7. The van der Waals surface area contributed by atoms with Crippen molar-refractivity contribution < 1.29 is 147 Å². The van der Waals surface area contributed by atoms with E-state index in [9.17, 15) is 99.5 Å². The van der Waals surface area contributed by atoms with Gasteiger partial charge in [-0.3, -0.25) is 4.79 Å². The Bertz CT molecular complexity index is 5660. The number of piperazine rings is 3. The fourth-order valence-electron chi connectivity index (χ4n) is 12.4. The molecule has 4 aromatic carbocycles. The molecule has 3 saturated heterocycles. The first-order valence-corrected chi connectivity index (χ1v) is 44.0. The van der Waals surface area contributed by atoms with E-state index in [2.05, 4.69) is 74.0 Å². The van der Waals surface area contributed by atoms with Crippen LogP contribution in [-0.2, 0) is 64.0 Å². The number of alkyl halides is 12. The van der Waals surface area contributed by atoms with Crippen LogP contribution in [0.3, 0.4) is 0 Å². The van der Waals surface area contributed by atoms with Crippen LogP contribution >= 0.6 is 11.6 Å². The van der Waals surface area contributed by atoms with E-state index >= 15 is 0 Å². The van der Waals surface area contributed by atoms with Gasteiger partial charge in [-0.1, -0.05) is 60.7 Å². The smallest absolute Gasteiger partial charge is 0.422 e. The lowest BCUT2D eigenvalue weighted by Crippen LogP contribution is -2.50. The van der Waals surface area contributed by atoms with Crippen LogP contribution in [0.5, 0.6) is 24.0 Å². The van der Waals surface area contributed by atoms with Crippen molar-refractivity contribution in [3.05, 3.63) is 170 Å². The quantitative estimate of drug-likeness (QED) is 0.0164. The van der Waals surface area contributed by atoms with Gasteiger partial charge in [0, 0.05) is 110 Å². The summed E-state index contributed by atoms with van der Waals surface area (Å²) in [7, 11) is -1.38. The van der Waals surface area contributed by atoms with E-state index in [4.69, 9.17) is 45.1 Å². The first kappa shape index (κ1) is 108. The topological polar surface area (TPSA) is 448 Å². The molecule has 0 unspecified atom stereocenters. The summed E-state index contributed by atoms with van der Waals surface area (Å²) in [4.78, 5) is 153. The lowest BCUT2D eigenvalue weighted by Gasteiger charge is -2.35. The molecule has 52 heteroatoms. The van der Waals surface area contributed by atoms with Gasteiger partial charge in [0.15, 0.2) is 42.0 Å². The van der Waals surface area contributed by atoms with E-state index in [1.54, 1.807) is 155 Å². The highest BCUT2D eigenvalue weighted by molar-refractivity contribution is 7.94. The Balaban J connectivity index is 0.000000210.